The number of hydrogen-bond acceptors (Lipinski definition) is 5. The minimum absolute atomic E-state index is 0.0348. The lowest BCUT2D eigenvalue weighted by atomic mass is 9.99. The van der Waals surface area contributed by atoms with E-state index in [2.05, 4.69) is 9.97 Å². The number of aromatic nitrogens is 2. The van der Waals surface area contributed by atoms with E-state index in [1.165, 1.54) is 12.3 Å². The number of hydrogen-bond donors (Lipinski definition) is 2. The van der Waals surface area contributed by atoms with Gasteiger partial charge < -0.3 is 5.73 Å². The topological polar surface area (TPSA) is 112 Å². The lowest BCUT2D eigenvalue weighted by Crippen LogP contribution is -2.13. The Labute approximate surface area is 160 Å². The zero-order chi connectivity index (χ0) is 19.1. The van der Waals surface area contributed by atoms with E-state index in [1.54, 1.807) is 37.3 Å². The number of anilines is 1. The highest BCUT2D eigenvalue weighted by Gasteiger charge is 2.20. The van der Waals surface area contributed by atoms with Gasteiger partial charge in [0.25, 0.3) is 0 Å². The lowest BCUT2D eigenvalue weighted by Gasteiger charge is -2.13. The van der Waals surface area contributed by atoms with E-state index >= 15 is 0 Å². The summed E-state index contributed by atoms with van der Waals surface area (Å²) in [6.07, 6.45) is 1.53. The number of nitrogens with zero attached hydrogens (tertiary/aromatic N) is 2. The maximum absolute atomic E-state index is 12.0. The van der Waals surface area contributed by atoms with Gasteiger partial charge in [-0.2, -0.15) is 0 Å². The third-order valence-electron chi connectivity index (χ3n) is 3.81. The molecular formula is C17H14Cl2N4O2S. The number of benzene rings is 2. The van der Waals surface area contributed by atoms with Crippen molar-refractivity contribution in [3.8, 4) is 22.3 Å². The fraction of sp³-hybridized carbons (Fsp3) is 0.0588. The quantitative estimate of drug-likeness (QED) is 0.686. The average molecular weight is 409 g/mol. The van der Waals surface area contributed by atoms with Crippen LogP contribution in [0, 0.1) is 6.92 Å². The van der Waals surface area contributed by atoms with Crippen molar-refractivity contribution in [1.82, 2.24) is 9.97 Å². The molecule has 1 aromatic heterocycles. The average Bonchev–Trinajstić information content (AvgIpc) is 2.55. The van der Waals surface area contributed by atoms with Gasteiger partial charge in [-0.05, 0) is 42.3 Å². The zero-order valence-corrected chi connectivity index (χ0v) is 15.9. The van der Waals surface area contributed by atoms with Crippen LogP contribution in [-0.2, 0) is 10.0 Å². The van der Waals surface area contributed by atoms with Gasteiger partial charge in [-0.1, -0.05) is 35.3 Å². The van der Waals surface area contributed by atoms with Crippen LogP contribution >= 0.6 is 23.2 Å². The third-order valence-corrected chi connectivity index (χ3v) is 5.52. The molecule has 4 N–H and O–H groups in total. The minimum atomic E-state index is -4.05. The first kappa shape index (κ1) is 18.6. The van der Waals surface area contributed by atoms with Crippen molar-refractivity contribution in [2.45, 2.75) is 11.8 Å². The van der Waals surface area contributed by atoms with Crippen LogP contribution in [0.3, 0.4) is 0 Å². The van der Waals surface area contributed by atoms with Crippen molar-refractivity contribution < 1.29 is 8.42 Å². The first-order valence-corrected chi connectivity index (χ1v) is 9.69. The van der Waals surface area contributed by atoms with Gasteiger partial charge in [0.05, 0.1) is 10.7 Å². The molecule has 134 valence electrons. The molecule has 3 rings (SSSR count). The molecular weight excluding hydrogens is 395 g/mol. The van der Waals surface area contributed by atoms with E-state index < -0.39 is 10.0 Å². The number of nitrogens with two attached hydrogens (primary N) is 2. The van der Waals surface area contributed by atoms with Gasteiger partial charge in [-0.15, -0.1) is 0 Å². The Morgan fingerprint density at radius 2 is 1.65 bits per heavy atom. The summed E-state index contributed by atoms with van der Waals surface area (Å²) < 4.78 is 24.1. The summed E-state index contributed by atoms with van der Waals surface area (Å²) >= 11 is 12.3. The van der Waals surface area contributed by atoms with E-state index in [9.17, 15) is 8.42 Å². The molecule has 1 heterocycles. The van der Waals surface area contributed by atoms with Crippen molar-refractivity contribution >= 4 is 39.2 Å². The molecule has 0 bridgehead atoms. The molecule has 2 aromatic carbocycles. The van der Waals surface area contributed by atoms with Crippen molar-refractivity contribution in [3.05, 3.63) is 58.3 Å². The fourth-order valence-corrected chi connectivity index (χ4v) is 3.89. The van der Waals surface area contributed by atoms with Crippen LogP contribution in [0.4, 0.5) is 5.95 Å². The lowest BCUT2D eigenvalue weighted by molar-refractivity contribution is 0.598. The van der Waals surface area contributed by atoms with Crippen molar-refractivity contribution in [2.24, 2.45) is 5.14 Å². The van der Waals surface area contributed by atoms with Crippen molar-refractivity contribution in [3.63, 3.8) is 0 Å². The summed E-state index contributed by atoms with van der Waals surface area (Å²) in [7, 11) is -4.05. The number of aryl methyl sites for hydroxylation is 1. The molecule has 0 saturated heterocycles. The first-order chi connectivity index (χ1) is 12.2. The van der Waals surface area contributed by atoms with Gasteiger partial charge in [-0.3, -0.25) is 0 Å². The largest absolute Gasteiger partial charge is 0.368 e. The number of primary sulfonamides is 1. The smallest absolute Gasteiger partial charge is 0.239 e. The highest BCUT2D eigenvalue weighted by Crippen LogP contribution is 2.38. The SMILES string of the molecule is Cc1nc(N)ncc1-c1cc(-c2ccc(Cl)cc2)c(Cl)c(S(N)(=O)=O)c1. The van der Waals surface area contributed by atoms with E-state index in [1.807, 2.05) is 0 Å². The van der Waals surface area contributed by atoms with E-state index in [0.717, 1.165) is 0 Å². The van der Waals surface area contributed by atoms with Crippen LogP contribution < -0.4 is 10.9 Å². The Kier molecular flexibility index (Phi) is 4.90. The van der Waals surface area contributed by atoms with Gasteiger partial charge in [-0.25, -0.2) is 23.5 Å². The number of sulfonamides is 1. The highest BCUT2D eigenvalue weighted by molar-refractivity contribution is 7.89. The highest BCUT2D eigenvalue weighted by atomic mass is 35.5. The number of nitrogen functional groups attached to an aromatic ring is 1. The first-order valence-electron chi connectivity index (χ1n) is 7.38. The Morgan fingerprint density at radius 3 is 2.23 bits per heavy atom. The fourth-order valence-electron chi connectivity index (χ4n) is 2.57. The van der Waals surface area contributed by atoms with Gasteiger partial charge in [0.1, 0.15) is 4.90 Å². The Hall–Kier alpha value is -2.19. The minimum Gasteiger partial charge on any atom is -0.368 e. The molecule has 0 atom stereocenters. The third kappa shape index (κ3) is 3.66. The molecule has 3 aromatic rings. The Morgan fingerprint density at radius 1 is 1.00 bits per heavy atom. The standard InChI is InChI=1S/C17H14Cl2N4O2S/c1-9-14(8-22-17(20)23-9)11-6-13(10-2-4-12(18)5-3-10)16(19)15(7-11)26(21,24)25/h2-8H,1H3,(H2,20,22,23)(H2,21,24,25). The zero-order valence-electron chi connectivity index (χ0n) is 13.6. The molecule has 0 aliphatic heterocycles. The summed E-state index contributed by atoms with van der Waals surface area (Å²) in [6, 6.07) is 10.0. The molecule has 0 radical (unpaired) electrons. The Bertz CT molecular complexity index is 1100. The molecule has 0 aliphatic carbocycles. The molecule has 0 fully saturated rings. The summed E-state index contributed by atoms with van der Waals surface area (Å²) in [5.74, 6) is 0.129. The van der Waals surface area contributed by atoms with Gasteiger partial charge >= 0.3 is 0 Å². The molecule has 0 unspecified atom stereocenters. The normalized spacial score (nSPS) is 11.5. The molecule has 26 heavy (non-hydrogen) atoms. The van der Waals surface area contributed by atoms with Crippen LogP contribution in [0.5, 0.6) is 0 Å². The summed E-state index contributed by atoms with van der Waals surface area (Å²) in [5, 5.41) is 5.94. The van der Waals surface area contributed by atoms with E-state index in [0.29, 0.717) is 33.0 Å². The maximum Gasteiger partial charge on any atom is 0.239 e. The summed E-state index contributed by atoms with van der Waals surface area (Å²) in [4.78, 5) is 7.91. The van der Waals surface area contributed by atoms with E-state index in [-0.39, 0.29) is 15.9 Å². The summed E-state index contributed by atoms with van der Waals surface area (Å²) in [5.41, 5.74) is 8.56. The van der Waals surface area contributed by atoms with Crippen LogP contribution in [0.1, 0.15) is 5.69 Å². The predicted octanol–water partition coefficient (Wildman–Crippen LogP) is 3.66. The van der Waals surface area contributed by atoms with Crippen LogP contribution in [0.15, 0.2) is 47.5 Å². The van der Waals surface area contributed by atoms with E-state index in [4.69, 9.17) is 34.1 Å². The van der Waals surface area contributed by atoms with Crippen LogP contribution in [0.25, 0.3) is 22.3 Å². The molecule has 0 spiro atoms. The predicted molar refractivity (Wildman–Crippen MR) is 103 cm³/mol. The second-order valence-corrected chi connectivity index (χ2v) is 7.96. The van der Waals surface area contributed by atoms with Gasteiger partial charge in [0.15, 0.2) is 0 Å². The van der Waals surface area contributed by atoms with Gasteiger partial charge in [0.2, 0.25) is 16.0 Å². The van der Waals surface area contributed by atoms with Crippen LogP contribution in [-0.4, -0.2) is 18.4 Å². The van der Waals surface area contributed by atoms with Crippen molar-refractivity contribution in [2.75, 3.05) is 5.73 Å². The van der Waals surface area contributed by atoms with Gasteiger partial charge in [0, 0.05) is 22.3 Å². The molecule has 0 aliphatic rings. The Balaban J connectivity index is 2.33. The second-order valence-electron chi connectivity index (χ2n) is 5.62. The summed E-state index contributed by atoms with van der Waals surface area (Å²) in [6.45, 7) is 1.75. The maximum atomic E-state index is 12.0. The number of halogens is 2. The molecule has 9 heteroatoms. The van der Waals surface area contributed by atoms with Crippen molar-refractivity contribution in [1.29, 1.82) is 0 Å². The number of rotatable bonds is 3. The second kappa shape index (κ2) is 6.85. The van der Waals surface area contributed by atoms with Crippen LogP contribution in [0.2, 0.25) is 10.0 Å². The molecule has 0 amide bonds. The molecule has 0 saturated carbocycles. The monoisotopic (exact) mass is 408 g/mol. The molecule has 6 nitrogen and oxygen atoms in total.